The molecule has 23 heavy (non-hydrogen) atoms. The van der Waals surface area contributed by atoms with Crippen molar-refractivity contribution < 1.29 is 9.53 Å². The summed E-state index contributed by atoms with van der Waals surface area (Å²) in [6, 6.07) is 9.71. The van der Waals surface area contributed by atoms with E-state index in [4.69, 9.17) is 4.74 Å². The van der Waals surface area contributed by atoms with E-state index in [1.165, 1.54) is 0 Å². The summed E-state index contributed by atoms with van der Waals surface area (Å²) in [5.74, 6) is 0.504. The summed E-state index contributed by atoms with van der Waals surface area (Å²) in [5.41, 5.74) is 0.553. The van der Waals surface area contributed by atoms with Crippen LogP contribution in [0.3, 0.4) is 0 Å². The highest BCUT2D eigenvalue weighted by Gasteiger charge is 2.17. The van der Waals surface area contributed by atoms with Crippen LogP contribution in [0.4, 0.5) is 0 Å². The van der Waals surface area contributed by atoms with Crippen molar-refractivity contribution in [1.82, 2.24) is 10.2 Å². The summed E-state index contributed by atoms with van der Waals surface area (Å²) in [7, 11) is 1.60. The van der Waals surface area contributed by atoms with Crippen LogP contribution in [-0.4, -0.2) is 44.1 Å². The van der Waals surface area contributed by atoms with Gasteiger partial charge in [0, 0.05) is 22.9 Å². The topological polar surface area (TPSA) is 41.6 Å². The molecule has 2 aromatic carbocycles. The molecule has 4 nitrogen and oxygen atoms in total. The van der Waals surface area contributed by atoms with Crippen molar-refractivity contribution in [3.05, 3.63) is 40.4 Å². The van der Waals surface area contributed by atoms with E-state index >= 15 is 0 Å². The first-order chi connectivity index (χ1) is 11.1. The van der Waals surface area contributed by atoms with Gasteiger partial charge < -0.3 is 15.0 Å². The maximum atomic E-state index is 12.5. The van der Waals surface area contributed by atoms with Gasteiger partial charge >= 0.3 is 0 Å². The molecule has 0 spiro atoms. The predicted octanol–water partition coefficient (Wildman–Crippen LogP) is 3.68. The number of amides is 1. The van der Waals surface area contributed by atoms with Crippen LogP contribution in [0.1, 0.15) is 24.2 Å². The average molecular weight is 379 g/mol. The normalized spacial score (nSPS) is 11.0. The second-order valence-corrected chi connectivity index (χ2v) is 6.12. The Morgan fingerprint density at radius 1 is 1.22 bits per heavy atom. The molecule has 2 aromatic rings. The first kappa shape index (κ1) is 17.8. The van der Waals surface area contributed by atoms with Gasteiger partial charge in [-0.3, -0.25) is 4.79 Å². The number of fused-ring (bicyclic) bond motifs is 1. The summed E-state index contributed by atoms with van der Waals surface area (Å²) in [6.07, 6.45) is 0. The molecule has 0 radical (unpaired) electrons. The molecule has 0 aliphatic heterocycles. The SMILES string of the molecule is CCN(CC)CCNC(=O)c1cc(Br)c2ccccc2c1OC. The number of hydrogen-bond donors (Lipinski definition) is 1. The Morgan fingerprint density at radius 3 is 2.48 bits per heavy atom. The fourth-order valence-electron chi connectivity index (χ4n) is 2.66. The number of carbonyl (C=O) groups is 1. The molecule has 0 atom stereocenters. The first-order valence-electron chi connectivity index (χ1n) is 7.88. The highest BCUT2D eigenvalue weighted by molar-refractivity contribution is 9.10. The number of nitrogens with one attached hydrogen (secondary N) is 1. The van der Waals surface area contributed by atoms with Crippen LogP contribution in [0.15, 0.2) is 34.8 Å². The first-order valence-corrected chi connectivity index (χ1v) is 8.67. The van der Waals surface area contributed by atoms with Crippen molar-refractivity contribution in [3.8, 4) is 5.75 Å². The van der Waals surface area contributed by atoms with E-state index in [1.807, 2.05) is 30.3 Å². The third-order valence-electron chi connectivity index (χ3n) is 4.00. The van der Waals surface area contributed by atoms with E-state index < -0.39 is 0 Å². The van der Waals surface area contributed by atoms with E-state index in [-0.39, 0.29) is 5.91 Å². The van der Waals surface area contributed by atoms with Crippen LogP contribution >= 0.6 is 15.9 Å². The van der Waals surface area contributed by atoms with Crippen LogP contribution < -0.4 is 10.1 Å². The summed E-state index contributed by atoms with van der Waals surface area (Å²) < 4.78 is 6.40. The summed E-state index contributed by atoms with van der Waals surface area (Å²) in [6.45, 7) is 7.67. The second kappa shape index (κ2) is 8.31. The van der Waals surface area contributed by atoms with Crippen molar-refractivity contribution in [3.63, 3.8) is 0 Å². The van der Waals surface area contributed by atoms with Gasteiger partial charge in [0.05, 0.1) is 12.7 Å². The monoisotopic (exact) mass is 378 g/mol. The molecule has 0 fully saturated rings. The predicted molar refractivity (Wildman–Crippen MR) is 98.3 cm³/mol. The van der Waals surface area contributed by atoms with E-state index in [2.05, 4.69) is 40.0 Å². The molecule has 124 valence electrons. The molecule has 0 aromatic heterocycles. The van der Waals surface area contributed by atoms with Gasteiger partial charge in [-0.1, -0.05) is 54.0 Å². The molecule has 5 heteroatoms. The lowest BCUT2D eigenvalue weighted by Crippen LogP contribution is -2.34. The molecule has 0 unspecified atom stereocenters. The van der Waals surface area contributed by atoms with Gasteiger partial charge in [0.15, 0.2) is 0 Å². The summed E-state index contributed by atoms with van der Waals surface area (Å²) >= 11 is 3.55. The van der Waals surface area contributed by atoms with Crippen LogP contribution in [0.5, 0.6) is 5.75 Å². The Labute approximate surface area is 145 Å². The zero-order chi connectivity index (χ0) is 16.8. The van der Waals surface area contributed by atoms with Gasteiger partial charge in [-0.2, -0.15) is 0 Å². The Balaban J connectivity index is 2.23. The van der Waals surface area contributed by atoms with Gasteiger partial charge in [0.2, 0.25) is 0 Å². The quantitative estimate of drug-likeness (QED) is 0.798. The fraction of sp³-hybridized carbons (Fsp3) is 0.389. The highest BCUT2D eigenvalue weighted by atomic mass is 79.9. The highest BCUT2D eigenvalue weighted by Crippen LogP contribution is 2.35. The lowest BCUT2D eigenvalue weighted by Gasteiger charge is -2.18. The van der Waals surface area contributed by atoms with Crippen molar-refractivity contribution >= 4 is 32.6 Å². The number of hydrogen-bond acceptors (Lipinski definition) is 3. The number of methoxy groups -OCH3 is 1. The van der Waals surface area contributed by atoms with E-state index in [1.54, 1.807) is 7.11 Å². The number of rotatable bonds is 7. The second-order valence-electron chi connectivity index (χ2n) is 5.27. The minimum Gasteiger partial charge on any atom is -0.495 e. The van der Waals surface area contributed by atoms with Gasteiger partial charge in [-0.15, -0.1) is 0 Å². The Kier molecular flexibility index (Phi) is 6.42. The molecule has 1 N–H and O–H groups in total. The molecular weight excluding hydrogens is 356 g/mol. The van der Waals surface area contributed by atoms with E-state index in [0.717, 1.165) is 34.9 Å². The molecule has 2 rings (SSSR count). The zero-order valence-corrected chi connectivity index (χ0v) is 15.4. The van der Waals surface area contributed by atoms with E-state index in [0.29, 0.717) is 17.9 Å². The maximum Gasteiger partial charge on any atom is 0.255 e. The number of benzene rings is 2. The van der Waals surface area contributed by atoms with Crippen LogP contribution in [0.2, 0.25) is 0 Å². The molecule has 0 bridgehead atoms. The van der Waals surface area contributed by atoms with Crippen LogP contribution in [0.25, 0.3) is 10.8 Å². The lowest BCUT2D eigenvalue weighted by atomic mass is 10.0. The van der Waals surface area contributed by atoms with E-state index in [9.17, 15) is 4.79 Å². The number of carbonyl (C=O) groups excluding carboxylic acids is 1. The number of likely N-dealkylation sites (N-methyl/N-ethyl adjacent to an activating group) is 1. The Hall–Kier alpha value is -1.59. The molecular formula is C18H23BrN2O2. The molecule has 0 aliphatic carbocycles. The third kappa shape index (κ3) is 4.03. The van der Waals surface area contributed by atoms with Gasteiger partial charge in [-0.25, -0.2) is 0 Å². The van der Waals surface area contributed by atoms with Crippen LogP contribution in [-0.2, 0) is 0 Å². The van der Waals surface area contributed by atoms with Crippen molar-refractivity contribution in [2.75, 3.05) is 33.3 Å². The minimum absolute atomic E-state index is 0.111. The number of nitrogens with zero attached hydrogens (tertiary/aromatic N) is 1. The number of ether oxygens (including phenoxy) is 1. The molecule has 0 aliphatic rings. The summed E-state index contributed by atoms with van der Waals surface area (Å²) in [5, 5.41) is 4.94. The van der Waals surface area contributed by atoms with Crippen LogP contribution in [0, 0.1) is 0 Å². The largest absolute Gasteiger partial charge is 0.495 e. The average Bonchev–Trinajstić information content (AvgIpc) is 2.58. The van der Waals surface area contributed by atoms with Crippen molar-refractivity contribution in [2.24, 2.45) is 0 Å². The van der Waals surface area contributed by atoms with Gasteiger partial charge in [0.25, 0.3) is 5.91 Å². The molecule has 1 amide bonds. The molecule has 0 heterocycles. The Morgan fingerprint density at radius 2 is 1.87 bits per heavy atom. The molecule has 0 saturated heterocycles. The van der Waals surface area contributed by atoms with Crippen molar-refractivity contribution in [2.45, 2.75) is 13.8 Å². The van der Waals surface area contributed by atoms with Gasteiger partial charge in [0.1, 0.15) is 5.75 Å². The standard InChI is InChI=1S/C18H23BrN2O2/c1-4-21(5-2)11-10-20-18(22)15-12-16(19)13-8-6-7-9-14(13)17(15)23-3/h6-9,12H,4-5,10-11H2,1-3H3,(H,20,22). The maximum absolute atomic E-state index is 12.5. The number of halogens is 1. The minimum atomic E-state index is -0.111. The zero-order valence-electron chi connectivity index (χ0n) is 13.9. The lowest BCUT2D eigenvalue weighted by molar-refractivity contribution is 0.0946. The fourth-order valence-corrected chi connectivity index (χ4v) is 3.23. The summed E-state index contributed by atoms with van der Waals surface area (Å²) in [4.78, 5) is 14.8. The third-order valence-corrected chi connectivity index (χ3v) is 4.66. The molecule has 0 saturated carbocycles. The Bertz CT molecular complexity index is 684. The van der Waals surface area contributed by atoms with Crippen molar-refractivity contribution in [1.29, 1.82) is 0 Å². The van der Waals surface area contributed by atoms with Gasteiger partial charge in [-0.05, 0) is 24.5 Å². The smallest absolute Gasteiger partial charge is 0.255 e.